The molecule has 0 spiro atoms. The molecule has 1 rings (SSSR count). The normalized spacial score (nSPS) is 22.1. The average Bonchev–Trinajstić information content (AvgIpc) is 2.59. The van der Waals surface area contributed by atoms with Gasteiger partial charge in [-0.15, -0.1) is 6.58 Å². The lowest BCUT2D eigenvalue weighted by molar-refractivity contribution is -0.141. The second-order valence-electron chi connectivity index (χ2n) is 3.63. The van der Waals surface area contributed by atoms with E-state index in [1.807, 2.05) is 0 Å². The van der Waals surface area contributed by atoms with Gasteiger partial charge in [0.1, 0.15) is 6.04 Å². The molecule has 0 aromatic rings. The number of nitrogens with zero attached hydrogens (tertiary/aromatic N) is 2. The number of amides is 2. The third-order valence-corrected chi connectivity index (χ3v) is 2.81. The van der Waals surface area contributed by atoms with Crippen LogP contribution in [-0.2, 0) is 9.59 Å². The standard InChI is InChI=1S/C10H14ClFN2O2/c1-3-5-14-6-4-7(9(14)15)13(2)10(16)8(11)12/h3,7-8H,1,4-6H2,2H3. The second kappa shape index (κ2) is 5.30. The molecule has 1 fully saturated rings. The van der Waals surface area contributed by atoms with E-state index in [9.17, 15) is 14.0 Å². The summed E-state index contributed by atoms with van der Waals surface area (Å²) in [6.07, 6.45) is 2.11. The summed E-state index contributed by atoms with van der Waals surface area (Å²) < 4.78 is 12.6. The molecule has 1 aliphatic rings. The van der Waals surface area contributed by atoms with Crippen LogP contribution in [0.15, 0.2) is 12.7 Å². The van der Waals surface area contributed by atoms with Gasteiger partial charge in [0.25, 0.3) is 11.5 Å². The van der Waals surface area contributed by atoms with Crippen molar-refractivity contribution in [2.45, 2.75) is 18.1 Å². The highest BCUT2D eigenvalue weighted by molar-refractivity contribution is 6.29. The number of alkyl halides is 2. The second-order valence-corrected chi connectivity index (χ2v) is 4.01. The van der Waals surface area contributed by atoms with E-state index in [1.165, 1.54) is 7.05 Å². The molecule has 2 atom stereocenters. The molecule has 4 nitrogen and oxygen atoms in total. The van der Waals surface area contributed by atoms with Gasteiger partial charge >= 0.3 is 0 Å². The van der Waals surface area contributed by atoms with Crippen molar-refractivity contribution in [1.29, 1.82) is 0 Å². The molecule has 0 N–H and O–H groups in total. The van der Waals surface area contributed by atoms with Gasteiger partial charge < -0.3 is 9.80 Å². The van der Waals surface area contributed by atoms with Crippen LogP contribution in [0.5, 0.6) is 0 Å². The van der Waals surface area contributed by atoms with Gasteiger partial charge in [0.05, 0.1) is 0 Å². The van der Waals surface area contributed by atoms with E-state index >= 15 is 0 Å². The molecule has 2 amide bonds. The largest absolute Gasteiger partial charge is 0.337 e. The quantitative estimate of drug-likeness (QED) is 0.545. The molecule has 16 heavy (non-hydrogen) atoms. The number of hydrogen-bond donors (Lipinski definition) is 0. The van der Waals surface area contributed by atoms with Crippen LogP contribution in [0, 0.1) is 0 Å². The van der Waals surface area contributed by atoms with Crippen LogP contribution >= 0.6 is 11.6 Å². The summed E-state index contributed by atoms with van der Waals surface area (Å²) in [7, 11) is 1.39. The Morgan fingerprint density at radius 1 is 1.88 bits per heavy atom. The zero-order chi connectivity index (χ0) is 12.3. The Morgan fingerprint density at radius 2 is 2.50 bits per heavy atom. The molecule has 90 valence electrons. The smallest absolute Gasteiger partial charge is 0.273 e. The molecule has 0 bridgehead atoms. The first-order valence-corrected chi connectivity index (χ1v) is 5.37. The van der Waals surface area contributed by atoms with Crippen LogP contribution in [-0.4, -0.2) is 53.4 Å². The van der Waals surface area contributed by atoms with Crippen LogP contribution in [0.25, 0.3) is 0 Å². The number of halogens is 2. The highest BCUT2D eigenvalue weighted by atomic mass is 35.5. The first-order valence-electron chi connectivity index (χ1n) is 4.93. The van der Waals surface area contributed by atoms with Gasteiger partial charge in [-0.3, -0.25) is 9.59 Å². The third kappa shape index (κ3) is 2.52. The van der Waals surface area contributed by atoms with Crippen molar-refractivity contribution < 1.29 is 14.0 Å². The van der Waals surface area contributed by atoms with Crippen LogP contribution in [0.3, 0.4) is 0 Å². The van der Waals surface area contributed by atoms with Crippen molar-refractivity contribution in [3.8, 4) is 0 Å². The molecule has 2 unspecified atom stereocenters. The van der Waals surface area contributed by atoms with Crippen LogP contribution in [0.4, 0.5) is 4.39 Å². The molecule has 0 saturated carbocycles. The lowest BCUT2D eigenvalue weighted by atomic mass is 10.2. The van der Waals surface area contributed by atoms with E-state index in [0.717, 1.165) is 4.90 Å². The average molecular weight is 249 g/mol. The van der Waals surface area contributed by atoms with Crippen molar-refractivity contribution in [3.05, 3.63) is 12.7 Å². The molecular formula is C10H14ClFN2O2. The van der Waals surface area contributed by atoms with E-state index in [2.05, 4.69) is 6.58 Å². The van der Waals surface area contributed by atoms with Gasteiger partial charge in [0.15, 0.2) is 0 Å². The Bertz CT molecular complexity index is 309. The fraction of sp³-hybridized carbons (Fsp3) is 0.600. The Kier molecular flexibility index (Phi) is 4.29. The first-order chi connectivity index (χ1) is 7.49. The number of rotatable bonds is 4. The molecular weight excluding hydrogens is 235 g/mol. The summed E-state index contributed by atoms with van der Waals surface area (Å²) in [6.45, 7) is 4.53. The van der Waals surface area contributed by atoms with Gasteiger partial charge in [0.2, 0.25) is 5.91 Å². The monoisotopic (exact) mass is 248 g/mol. The van der Waals surface area contributed by atoms with Crippen molar-refractivity contribution >= 4 is 23.4 Å². The van der Waals surface area contributed by atoms with Gasteiger partial charge in [-0.05, 0) is 6.42 Å². The van der Waals surface area contributed by atoms with Gasteiger partial charge in [-0.2, -0.15) is 0 Å². The summed E-state index contributed by atoms with van der Waals surface area (Å²) in [5, 5.41) is 0. The van der Waals surface area contributed by atoms with E-state index in [-0.39, 0.29) is 5.91 Å². The van der Waals surface area contributed by atoms with Crippen LogP contribution in [0.2, 0.25) is 0 Å². The fourth-order valence-electron chi connectivity index (χ4n) is 1.73. The number of likely N-dealkylation sites (N-methyl/N-ethyl adjacent to an activating group) is 1. The minimum atomic E-state index is -2.09. The molecule has 0 aromatic heterocycles. The number of likely N-dealkylation sites (tertiary alicyclic amines) is 1. The topological polar surface area (TPSA) is 40.6 Å². The molecule has 0 aliphatic carbocycles. The van der Waals surface area contributed by atoms with Gasteiger partial charge in [0, 0.05) is 20.1 Å². The van der Waals surface area contributed by atoms with Crippen LogP contribution < -0.4 is 0 Å². The highest BCUT2D eigenvalue weighted by Gasteiger charge is 2.37. The minimum absolute atomic E-state index is 0.187. The Balaban J connectivity index is 2.66. The summed E-state index contributed by atoms with van der Waals surface area (Å²) in [5.41, 5.74) is -2.09. The first kappa shape index (κ1) is 13.0. The maximum Gasteiger partial charge on any atom is 0.273 e. The molecule has 1 heterocycles. The summed E-state index contributed by atoms with van der Waals surface area (Å²) >= 11 is 5.05. The van der Waals surface area contributed by atoms with Gasteiger partial charge in [-0.25, -0.2) is 4.39 Å². The Labute approximate surface area is 98.6 Å². The zero-order valence-corrected chi connectivity index (χ0v) is 9.78. The Hall–Kier alpha value is -1.10. The molecule has 0 aromatic carbocycles. The lowest BCUT2D eigenvalue weighted by Crippen LogP contribution is -2.44. The number of carbonyl (C=O) groups is 2. The van der Waals surface area contributed by atoms with Crippen molar-refractivity contribution in [2.75, 3.05) is 20.1 Å². The predicted octanol–water partition coefficient (Wildman–Crippen LogP) is 0.766. The fourth-order valence-corrected chi connectivity index (χ4v) is 1.88. The molecule has 1 saturated heterocycles. The Morgan fingerprint density at radius 3 is 3.00 bits per heavy atom. The van der Waals surface area contributed by atoms with E-state index < -0.39 is 17.6 Å². The summed E-state index contributed by atoms with van der Waals surface area (Å²) in [4.78, 5) is 25.7. The highest BCUT2D eigenvalue weighted by Crippen LogP contribution is 2.17. The summed E-state index contributed by atoms with van der Waals surface area (Å²) in [5.74, 6) is -1.06. The number of carbonyl (C=O) groups excluding carboxylic acids is 2. The van der Waals surface area contributed by atoms with E-state index in [1.54, 1.807) is 11.0 Å². The van der Waals surface area contributed by atoms with Gasteiger partial charge in [-0.1, -0.05) is 17.7 Å². The zero-order valence-electron chi connectivity index (χ0n) is 9.03. The maximum absolute atomic E-state index is 12.6. The predicted molar refractivity (Wildman–Crippen MR) is 58.7 cm³/mol. The van der Waals surface area contributed by atoms with E-state index in [4.69, 9.17) is 11.6 Å². The van der Waals surface area contributed by atoms with Crippen molar-refractivity contribution in [1.82, 2.24) is 9.80 Å². The number of hydrogen-bond acceptors (Lipinski definition) is 2. The molecule has 6 heteroatoms. The summed E-state index contributed by atoms with van der Waals surface area (Å²) in [6, 6.07) is -0.607. The van der Waals surface area contributed by atoms with Crippen molar-refractivity contribution in [2.24, 2.45) is 0 Å². The lowest BCUT2D eigenvalue weighted by Gasteiger charge is -2.23. The maximum atomic E-state index is 12.6. The van der Waals surface area contributed by atoms with Crippen molar-refractivity contribution in [3.63, 3.8) is 0 Å². The SMILES string of the molecule is C=CCN1CCC(N(C)C(=O)C(F)Cl)C1=O. The van der Waals surface area contributed by atoms with E-state index in [0.29, 0.717) is 19.5 Å². The molecule has 1 aliphatic heterocycles. The van der Waals surface area contributed by atoms with Crippen LogP contribution in [0.1, 0.15) is 6.42 Å². The minimum Gasteiger partial charge on any atom is -0.337 e. The third-order valence-electron chi connectivity index (χ3n) is 2.62. The molecule has 0 radical (unpaired) electrons.